The Morgan fingerprint density at radius 2 is 0.929 bits per heavy atom. The lowest BCUT2D eigenvalue weighted by Crippen LogP contribution is -2.40. The zero-order valence-electron chi connectivity index (χ0n) is 8.19. The van der Waals surface area contributed by atoms with Crippen LogP contribution in [0, 0.1) is 10.8 Å². The van der Waals surface area contributed by atoms with Gasteiger partial charge in [0.15, 0.2) is 0 Å². The Kier molecular flexibility index (Phi) is 1.49. The monoisotopic (exact) mass is 182 g/mol. The van der Waals surface area contributed by atoms with Gasteiger partial charge in [0.1, 0.15) is 0 Å². The van der Waals surface area contributed by atoms with Gasteiger partial charge >= 0.3 is 0 Å². The van der Waals surface area contributed by atoms with Crippen molar-refractivity contribution < 1.29 is 0 Å². The van der Waals surface area contributed by atoms with Crippen molar-refractivity contribution in [2.75, 3.05) is 0 Å². The van der Waals surface area contributed by atoms with Gasteiger partial charge < -0.3 is 0 Å². The lowest BCUT2D eigenvalue weighted by molar-refractivity contribution is 0.244. The Morgan fingerprint density at radius 3 is 1.29 bits per heavy atom. The van der Waals surface area contributed by atoms with Gasteiger partial charge in [0.05, 0.1) is 0 Å². The van der Waals surface area contributed by atoms with Crippen molar-refractivity contribution in [3.05, 3.63) is 60.8 Å². The van der Waals surface area contributed by atoms with E-state index in [0.717, 1.165) is 12.8 Å². The molecule has 0 nitrogen and oxygen atoms in total. The van der Waals surface area contributed by atoms with Crippen molar-refractivity contribution in [3.63, 3.8) is 0 Å². The lowest BCUT2D eigenvalue weighted by Gasteiger charge is -2.48. The van der Waals surface area contributed by atoms with Crippen LogP contribution in [0.3, 0.4) is 0 Å². The first-order chi connectivity index (χ1) is 6.87. The highest BCUT2D eigenvalue weighted by Gasteiger charge is 2.46. The van der Waals surface area contributed by atoms with Crippen LogP contribution in [0.5, 0.6) is 0 Å². The topological polar surface area (TPSA) is 0 Å². The molecule has 0 N–H and O–H groups in total. The number of allylic oxidation sites excluding steroid dienone is 10. The molecule has 0 unspecified atom stereocenters. The minimum atomic E-state index is 0.227. The van der Waals surface area contributed by atoms with E-state index >= 15 is 0 Å². The van der Waals surface area contributed by atoms with Crippen molar-refractivity contribution in [1.29, 1.82) is 0 Å². The van der Waals surface area contributed by atoms with Crippen molar-refractivity contribution in [2.45, 2.75) is 12.8 Å². The van der Waals surface area contributed by atoms with Crippen LogP contribution in [0.4, 0.5) is 0 Å². The van der Waals surface area contributed by atoms with E-state index in [9.17, 15) is 0 Å². The van der Waals surface area contributed by atoms with E-state index in [-0.39, 0.29) is 10.8 Å². The second kappa shape index (κ2) is 2.60. The van der Waals surface area contributed by atoms with Crippen LogP contribution in [-0.4, -0.2) is 0 Å². The molecule has 3 rings (SSSR count). The Morgan fingerprint density at radius 1 is 0.571 bits per heavy atom. The molecule has 3 aliphatic rings. The van der Waals surface area contributed by atoms with Crippen LogP contribution < -0.4 is 0 Å². The molecule has 0 bridgehead atoms. The predicted molar refractivity (Wildman–Crippen MR) is 59.8 cm³/mol. The Hall–Kier alpha value is -1.30. The molecule has 0 aromatic rings. The smallest absolute Gasteiger partial charge is 0.0231 e. The van der Waals surface area contributed by atoms with Gasteiger partial charge in [-0.25, -0.2) is 0 Å². The fourth-order valence-corrected chi connectivity index (χ4v) is 2.85. The third kappa shape index (κ3) is 0.836. The van der Waals surface area contributed by atoms with E-state index in [4.69, 9.17) is 0 Å². The van der Waals surface area contributed by atoms with Gasteiger partial charge in [-0.15, -0.1) is 0 Å². The zero-order chi connectivity index (χ0) is 9.49. The molecule has 0 aromatic heterocycles. The Labute approximate surface area is 85.0 Å². The summed E-state index contributed by atoms with van der Waals surface area (Å²) in [6.07, 6.45) is 25.0. The van der Waals surface area contributed by atoms with Crippen LogP contribution in [0.25, 0.3) is 0 Å². The first-order valence-electron chi connectivity index (χ1n) is 5.26. The molecule has 0 aliphatic heterocycles. The molecular weight excluding hydrogens is 168 g/mol. The van der Waals surface area contributed by atoms with Gasteiger partial charge in [-0.3, -0.25) is 0 Å². The SMILES string of the molecule is C1=CC23C=CC=CC2(C=C1)CC=CC3. The number of hydrogen-bond donors (Lipinski definition) is 0. The molecule has 0 atom stereocenters. The normalized spacial score (nSPS) is 42.3. The first kappa shape index (κ1) is 8.05. The molecule has 0 heterocycles. The van der Waals surface area contributed by atoms with Gasteiger partial charge in [-0.05, 0) is 12.8 Å². The summed E-state index contributed by atoms with van der Waals surface area (Å²) in [5, 5.41) is 0. The van der Waals surface area contributed by atoms with E-state index in [1.54, 1.807) is 0 Å². The van der Waals surface area contributed by atoms with Crippen molar-refractivity contribution in [1.82, 2.24) is 0 Å². The third-order valence-corrected chi connectivity index (χ3v) is 3.74. The van der Waals surface area contributed by atoms with E-state index in [0.29, 0.717) is 0 Å². The van der Waals surface area contributed by atoms with Gasteiger partial charge in [-0.1, -0.05) is 60.8 Å². The highest BCUT2D eigenvalue weighted by Crippen LogP contribution is 2.55. The molecule has 0 heteroatoms. The second-order valence-corrected chi connectivity index (χ2v) is 4.40. The molecule has 0 spiro atoms. The maximum Gasteiger partial charge on any atom is 0.0231 e. The molecule has 0 saturated carbocycles. The van der Waals surface area contributed by atoms with Gasteiger partial charge in [0.25, 0.3) is 0 Å². The molecule has 0 radical (unpaired) electrons. The van der Waals surface area contributed by atoms with E-state index in [1.165, 1.54) is 0 Å². The lowest BCUT2D eigenvalue weighted by atomic mass is 9.55. The quantitative estimate of drug-likeness (QED) is 0.502. The average molecular weight is 182 g/mol. The average Bonchev–Trinajstić information content (AvgIpc) is 2.27. The van der Waals surface area contributed by atoms with Crippen LogP contribution in [0.2, 0.25) is 0 Å². The highest BCUT2D eigenvalue weighted by atomic mass is 14.5. The minimum Gasteiger partial charge on any atom is -0.0873 e. The molecule has 0 fully saturated rings. The molecule has 0 amide bonds. The maximum absolute atomic E-state index is 2.36. The summed E-state index contributed by atoms with van der Waals surface area (Å²) in [4.78, 5) is 0. The molecule has 3 aliphatic carbocycles. The molecule has 0 saturated heterocycles. The van der Waals surface area contributed by atoms with Crippen LogP contribution >= 0.6 is 0 Å². The molecule has 70 valence electrons. The largest absolute Gasteiger partial charge is 0.0873 e. The Bertz CT molecular complexity index is 326. The van der Waals surface area contributed by atoms with Crippen molar-refractivity contribution >= 4 is 0 Å². The summed E-state index contributed by atoms with van der Waals surface area (Å²) in [6.45, 7) is 0. The van der Waals surface area contributed by atoms with Gasteiger partial charge in [-0.2, -0.15) is 0 Å². The van der Waals surface area contributed by atoms with Crippen LogP contribution in [0.1, 0.15) is 12.8 Å². The fraction of sp³-hybridized carbons (Fsp3) is 0.286. The first-order valence-corrected chi connectivity index (χ1v) is 5.26. The van der Waals surface area contributed by atoms with Crippen molar-refractivity contribution in [3.8, 4) is 0 Å². The highest BCUT2D eigenvalue weighted by molar-refractivity contribution is 5.42. The van der Waals surface area contributed by atoms with E-state index in [2.05, 4.69) is 60.8 Å². The van der Waals surface area contributed by atoms with Gasteiger partial charge in [0, 0.05) is 10.8 Å². The van der Waals surface area contributed by atoms with E-state index in [1.807, 2.05) is 0 Å². The summed E-state index contributed by atoms with van der Waals surface area (Å²) in [7, 11) is 0. The number of hydrogen-bond acceptors (Lipinski definition) is 0. The molecule has 14 heavy (non-hydrogen) atoms. The molecule has 0 aromatic carbocycles. The minimum absolute atomic E-state index is 0.227. The third-order valence-electron chi connectivity index (χ3n) is 3.74. The summed E-state index contributed by atoms with van der Waals surface area (Å²) < 4.78 is 0. The predicted octanol–water partition coefficient (Wildman–Crippen LogP) is 3.56. The fourth-order valence-electron chi connectivity index (χ4n) is 2.85. The molecular formula is C14H14. The maximum atomic E-state index is 2.36. The number of rotatable bonds is 0. The zero-order valence-corrected chi connectivity index (χ0v) is 8.19. The van der Waals surface area contributed by atoms with Gasteiger partial charge in [0.2, 0.25) is 0 Å². The van der Waals surface area contributed by atoms with Crippen molar-refractivity contribution in [2.24, 2.45) is 10.8 Å². The summed E-state index contributed by atoms with van der Waals surface area (Å²) >= 11 is 0. The summed E-state index contributed by atoms with van der Waals surface area (Å²) in [5.41, 5.74) is 0.455. The van der Waals surface area contributed by atoms with Crippen LogP contribution in [0.15, 0.2) is 60.8 Å². The van der Waals surface area contributed by atoms with Crippen LogP contribution in [-0.2, 0) is 0 Å². The summed E-state index contributed by atoms with van der Waals surface area (Å²) in [6, 6.07) is 0. The standard InChI is InChI=1S/C14H14/c1-2-8-14-11-5-3-9-13(14,7-1)10-4-6-12-14/h1-9,11H,10,12H2. The second-order valence-electron chi connectivity index (χ2n) is 4.40. The Balaban J connectivity index is 2.21. The summed E-state index contributed by atoms with van der Waals surface area (Å²) in [5.74, 6) is 0. The van der Waals surface area contributed by atoms with E-state index < -0.39 is 0 Å².